The van der Waals surface area contributed by atoms with Gasteiger partial charge in [-0.05, 0) is 36.6 Å². The maximum absolute atomic E-state index is 5.90. The summed E-state index contributed by atoms with van der Waals surface area (Å²) in [5, 5.41) is 5.59. The van der Waals surface area contributed by atoms with Gasteiger partial charge >= 0.3 is 0 Å². The Balaban J connectivity index is 2.03. The van der Waals surface area contributed by atoms with Crippen LogP contribution in [0.1, 0.15) is 23.4 Å². The quantitative estimate of drug-likeness (QED) is 0.850. The molecular weight excluding hydrogens is 360 g/mol. The lowest BCUT2D eigenvalue weighted by Crippen LogP contribution is -2.45. The fourth-order valence-corrected chi connectivity index (χ4v) is 4.19. The summed E-state index contributed by atoms with van der Waals surface area (Å²) in [6, 6.07) is 11.0. The molecule has 0 amide bonds. The Morgan fingerprint density at radius 3 is 2.82 bits per heavy atom. The molecule has 3 rings (SSSR count). The average molecular weight is 381 g/mol. The van der Waals surface area contributed by atoms with E-state index in [9.17, 15) is 0 Å². The van der Waals surface area contributed by atoms with Crippen molar-refractivity contribution in [3.05, 3.63) is 50.6 Å². The van der Waals surface area contributed by atoms with Crippen molar-refractivity contribution in [3.63, 3.8) is 0 Å². The van der Waals surface area contributed by atoms with Gasteiger partial charge in [-0.3, -0.25) is 4.90 Å². The highest BCUT2D eigenvalue weighted by molar-refractivity contribution is 9.10. The van der Waals surface area contributed by atoms with Crippen LogP contribution in [0.3, 0.4) is 0 Å². The second-order valence-corrected chi connectivity index (χ2v) is 7.21. The van der Waals surface area contributed by atoms with Gasteiger partial charge in [0.2, 0.25) is 0 Å². The van der Waals surface area contributed by atoms with Crippen molar-refractivity contribution in [1.82, 2.24) is 10.2 Å². The van der Waals surface area contributed by atoms with Crippen molar-refractivity contribution < 1.29 is 4.74 Å². The molecule has 1 aromatic heterocycles. The highest BCUT2D eigenvalue weighted by atomic mass is 79.9. The third kappa shape index (κ3) is 3.54. The van der Waals surface area contributed by atoms with Crippen LogP contribution in [0.5, 0.6) is 5.75 Å². The molecule has 1 aliphatic rings. The lowest BCUT2D eigenvalue weighted by Gasteiger charge is -2.35. The fourth-order valence-electron chi connectivity index (χ4n) is 2.94. The van der Waals surface area contributed by atoms with E-state index in [1.165, 1.54) is 10.4 Å². The largest absolute Gasteiger partial charge is 0.494 e. The average Bonchev–Trinajstić information content (AvgIpc) is 3.05. The van der Waals surface area contributed by atoms with Gasteiger partial charge in [-0.1, -0.05) is 22.0 Å². The minimum atomic E-state index is 0.265. The van der Waals surface area contributed by atoms with Crippen molar-refractivity contribution >= 4 is 27.3 Å². The molecule has 5 heteroatoms. The van der Waals surface area contributed by atoms with Gasteiger partial charge in [0, 0.05) is 41.1 Å². The van der Waals surface area contributed by atoms with Crippen molar-refractivity contribution in [3.8, 4) is 5.75 Å². The first kappa shape index (κ1) is 16.0. The summed E-state index contributed by atoms with van der Waals surface area (Å²) in [7, 11) is 0. The summed E-state index contributed by atoms with van der Waals surface area (Å²) in [6.45, 7) is 6.92. The predicted octanol–water partition coefficient (Wildman–Crippen LogP) is 3.90. The van der Waals surface area contributed by atoms with Crippen molar-refractivity contribution in [2.75, 3.05) is 32.8 Å². The molecule has 0 saturated carbocycles. The van der Waals surface area contributed by atoms with E-state index in [0.29, 0.717) is 6.61 Å². The van der Waals surface area contributed by atoms with Crippen LogP contribution < -0.4 is 10.1 Å². The molecule has 1 atom stereocenters. The van der Waals surface area contributed by atoms with E-state index >= 15 is 0 Å². The minimum absolute atomic E-state index is 0.265. The van der Waals surface area contributed by atoms with Crippen LogP contribution in [-0.2, 0) is 0 Å². The Hall–Kier alpha value is -0.880. The first-order valence-corrected chi connectivity index (χ1v) is 9.37. The van der Waals surface area contributed by atoms with E-state index in [-0.39, 0.29) is 6.04 Å². The number of hydrogen-bond donors (Lipinski definition) is 1. The number of halogens is 1. The summed E-state index contributed by atoms with van der Waals surface area (Å²) in [5.74, 6) is 0.989. The highest BCUT2D eigenvalue weighted by Gasteiger charge is 2.27. The van der Waals surface area contributed by atoms with Gasteiger partial charge in [0.25, 0.3) is 0 Å². The summed E-state index contributed by atoms with van der Waals surface area (Å²) in [6.07, 6.45) is 0. The zero-order valence-corrected chi connectivity index (χ0v) is 15.1. The molecule has 0 aliphatic carbocycles. The Morgan fingerprint density at radius 2 is 2.14 bits per heavy atom. The number of nitrogens with zero attached hydrogens (tertiary/aromatic N) is 1. The summed E-state index contributed by atoms with van der Waals surface area (Å²) in [4.78, 5) is 3.92. The van der Waals surface area contributed by atoms with Gasteiger partial charge in [-0.15, -0.1) is 11.3 Å². The molecule has 0 radical (unpaired) electrons. The van der Waals surface area contributed by atoms with E-state index in [1.54, 1.807) is 0 Å². The second-order valence-electron chi connectivity index (χ2n) is 5.32. The number of rotatable bonds is 5. The first-order valence-electron chi connectivity index (χ1n) is 7.70. The first-order chi connectivity index (χ1) is 10.8. The number of benzene rings is 1. The Kier molecular flexibility index (Phi) is 5.52. The summed E-state index contributed by atoms with van der Waals surface area (Å²) < 4.78 is 7.00. The molecule has 22 heavy (non-hydrogen) atoms. The Morgan fingerprint density at radius 1 is 1.32 bits per heavy atom. The zero-order chi connectivity index (χ0) is 15.4. The molecule has 0 bridgehead atoms. The molecule has 1 aliphatic heterocycles. The molecule has 1 N–H and O–H groups in total. The van der Waals surface area contributed by atoms with Gasteiger partial charge in [0.15, 0.2) is 0 Å². The SMILES string of the molecule is CCOc1ccc(Br)cc1[C@H](c1cccs1)N1CCNCC1. The Bertz CT molecular complexity index is 597. The van der Waals surface area contributed by atoms with E-state index in [4.69, 9.17) is 4.74 Å². The van der Waals surface area contributed by atoms with Crippen molar-refractivity contribution in [2.24, 2.45) is 0 Å². The van der Waals surface area contributed by atoms with Crippen molar-refractivity contribution in [1.29, 1.82) is 0 Å². The van der Waals surface area contributed by atoms with Crippen LogP contribution in [0.15, 0.2) is 40.2 Å². The van der Waals surface area contributed by atoms with Crippen LogP contribution in [0.2, 0.25) is 0 Å². The minimum Gasteiger partial charge on any atom is -0.494 e. The number of thiophene rings is 1. The van der Waals surface area contributed by atoms with Gasteiger partial charge in [-0.2, -0.15) is 0 Å². The molecule has 1 fully saturated rings. The second kappa shape index (κ2) is 7.59. The van der Waals surface area contributed by atoms with Gasteiger partial charge in [0.05, 0.1) is 12.6 Å². The normalized spacial score (nSPS) is 17.4. The van der Waals surface area contributed by atoms with Gasteiger partial charge < -0.3 is 10.1 Å². The number of ether oxygens (including phenoxy) is 1. The molecule has 2 heterocycles. The van der Waals surface area contributed by atoms with Crippen LogP contribution in [0, 0.1) is 0 Å². The molecule has 1 saturated heterocycles. The lowest BCUT2D eigenvalue weighted by atomic mass is 10.0. The summed E-state index contributed by atoms with van der Waals surface area (Å²) >= 11 is 5.44. The fraction of sp³-hybridized carbons (Fsp3) is 0.412. The zero-order valence-electron chi connectivity index (χ0n) is 12.7. The van der Waals surface area contributed by atoms with Crippen LogP contribution in [-0.4, -0.2) is 37.7 Å². The molecule has 0 spiro atoms. The van der Waals surface area contributed by atoms with Crippen molar-refractivity contribution in [2.45, 2.75) is 13.0 Å². The Labute approximate surface area is 144 Å². The van der Waals surface area contributed by atoms with Crippen LogP contribution >= 0.6 is 27.3 Å². The highest BCUT2D eigenvalue weighted by Crippen LogP contribution is 2.38. The lowest BCUT2D eigenvalue weighted by molar-refractivity contribution is 0.196. The van der Waals surface area contributed by atoms with E-state index in [0.717, 1.165) is 36.4 Å². The number of nitrogens with one attached hydrogen (secondary N) is 1. The van der Waals surface area contributed by atoms with E-state index < -0.39 is 0 Å². The summed E-state index contributed by atoms with van der Waals surface area (Å²) in [5.41, 5.74) is 1.25. The molecule has 3 nitrogen and oxygen atoms in total. The monoisotopic (exact) mass is 380 g/mol. The third-order valence-electron chi connectivity index (χ3n) is 3.90. The van der Waals surface area contributed by atoms with Gasteiger partial charge in [0.1, 0.15) is 5.75 Å². The molecule has 2 aromatic rings. The number of piperazine rings is 1. The molecule has 0 unspecified atom stereocenters. The van der Waals surface area contributed by atoms with Crippen LogP contribution in [0.25, 0.3) is 0 Å². The standard InChI is InChI=1S/C17H21BrN2OS/c1-2-21-15-6-5-13(18)12-14(15)17(16-4-3-11-22-16)20-9-7-19-8-10-20/h3-6,11-12,17,19H,2,7-10H2,1H3/t17-/m1/s1. The third-order valence-corrected chi connectivity index (χ3v) is 5.31. The van der Waals surface area contributed by atoms with Gasteiger partial charge in [-0.25, -0.2) is 0 Å². The molecule has 1 aromatic carbocycles. The molecule has 118 valence electrons. The number of hydrogen-bond acceptors (Lipinski definition) is 4. The van der Waals surface area contributed by atoms with E-state index in [2.05, 4.69) is 61.9 Å². The topological polar surface area (TPSA) is 24.5 Å². The molecular formula is C17H21BrN2OS. The predicted molar refractivity (Wildman–Crippen MR) is 95.9 cm³/mol. The maximum atomic E-state index is 5.90. The van der Waals surface area contributed by atoms with E-state index in [1.807, 2.05) is 18.3 Å². The van der Waals surface area contributed by atoms with Crippen LogP contribution in [0.4, 0.5) is 0 Å². The maximum Gasteiger partial charge on any atom is 0.124 e. The smallest absolute Gasteiger partial charge is 0.124 e.